The van der Waals surface area contributed by atoms with Crippen LogP contribution in [-0.4, -0.2) is 49.0 Å². The minimum Gasteiger partial charge on any atom is -0.497 e. The molecule has 1 saturated heterocycles. The fourth-order valence-corrected chi connectivity index (χ4v) is 3.45. The summed E-state index contributed by atoms with van der Waals surface area (Å²) in [7, 11) is 1.64. The molecule has 1 fully saturated rings. The van der Waals surface area contributed by atoms with Crippen LogP contribution in [0.3, 0.4) is 0 Å². The van der Waals surface area contributed by atoms with Crippen molar-refractivity contribution >= 4 is 11.6 Å². The molecule has 1 aliphatic heterocycles. The highest BCUT2D eigenvalue weighted by Crippen LogP contribution is 2.23. The average molecular weight is 388 g/mol. The van der Waals surface area contributed by atoms with E-state index >= 15 is 0 Å². The molecule has 1 aromatic carbocycles. The summed E-state index contributed by atoms with van der Waals surface area (Å²) < 4.78 is 5.21. The van der Waals surface area contributed by atoms with Gasteiger partial charge in [0.25, 0.3) is 0 Å². The van der Waals surface area contributed by atoms with Gasteiger partial charge in [0.15, 0.2) is 0 Å². The summed E-state index contributed by atoms with van der Waals surface area (Å²) in [4.78, 5) is 24.2. The largest absolute Gasteiger partial charge is 0.497 e. The molecular formula is C23H24N4O2. The van der Waals surface area contributed by atoms with Crippen molar-refractivity contribution in [2.24, 2.45) is 0 Å². The molecule has 0 atom stereocenters. The minimum atomic E-state index is -0.123. The first-order valence-corrected chi connectivity index (χ1v) is 9.81. The van der Waals surface area contributed by atoms with E-state index in [4.69, 9.17) is 4.74 Å². The Morgan fingerprint density at radius 2 is 1.90 bits per heavy atom. The number of rotatable bonds is 5. The zero-order valence-corrected chi connectivity index (χ0v) is 16.5. The Hall–Kier alpha value is -3.25. The molecule has 0 amide bonds. The standard InChI is InChI=1S/C23H24N4O2/c1-29-20-8-6-17(7-9-20)18-14-19(16-25-15-18)23(28)21-4-2-5-22(26-21)27-12-3-10-24-11-13-27/h2,4-9,14-16,24H,3,10-13H2,1H3. The van der Waals surface area contributed by atoms with Crippen LogP contribution in [0.2, 0.25) is 0 Å². The van der Waals surface area contributed by atoms with Crippen molar-refractivity contribution in [2.75, 3.05) is 38.2 Å². The van der Waals surface area contributed by atoms with E-state index in [0.717, 1.165) is 55.3 Å². The SMILES string of the molecule is COc1ccc(-c2cncc(C(=O)c3cccc(N4CCCNCC4)n3)c2)cc1. The van der Waals surface area contributed by atoms with E-state index in [9.17, 15) is 4.79 Å². The molecule has 1 N–H and O–H groups in total. The first-order chi connectivity index (χ1) is 14.2. The molecule has 29 heavy (non-hydrogen) atoms. The Morgan fingerprint density at radius 1 is 1.03 bits per heavy atom. The summed E-state index contributed by atoms with van der Waals surface area (Å²) in [6, 6.07) is 15.2. The van der Waals surface area contributed by atoms with Gasteiger partial charge in [0.1, 0.15) is 17.3 Å². The Kier molecular flexibility index (Phi) is 5.81. The van der Waals surface area contributed by atoms with E-state index in [1.165, 1.54) is 0 Å². The second kappa shape index (κ2) is 8.84. The van der Waals surface area contributed by atoms with Crippen LogP contribution < -0.4 is 15.0 Å². The maximum absolute atomic E-state index is 13.1. The van der Waals surface area contributed by atoms with Crippen molar-refractivity contribution in [3.05, 3.63) is 72.2 Å². The molecule has 1 aliphatic rings. The maximum Gasteiger partial charge on any atom is 0.212 e. The molecule has 0 radical (unpaired) electrons. The van der Waals surface area contributed by atoms with Crippen LogP contribution >= 0.6 is 0 Å². The predicted molar refractivity (Wildman–Crippen MR) is 114 cm³/mol. The van der Waals surface area contributed by atoms with Gasteiger partial charge in [-0.2, -0.15) is 0 Å². The number of anilines is 1. The molecular weight excluding hydrogens is 364 g/mol. The van der Waals surface area contributed by atoms with Gasteiger partial charge in [-0.25, -0.2) is 4.98 Å². The average Bonchev–Trinajstić information content (AvgIpc) is 3.08. The number of aromatic nitrogens is 2. The lowest BCUT2D eigenvalue weighted by Crippen LogP contribution is -2.28. The minimum absolute atomic E-state index is 0.123. The summed E-state index contributed by atoms with van der Waals surface area (Å²) in [5, 5.41) is 3.39. The fourth-order valence-electron chi connectivity index (χ4n) is 3.45. The van der Waals surface area contributed by atoms with Crippen LogP contribution in [0.25, 0.3) is 11.1 Å². The first-order valence-electron chi connectivity index (χ1n) is 9.81. The Labute approximate surface area is 170 Å². The van der Waals surface area contributed by atoms with E-state index in [0.29, 0.717) is 11.3 Å². The number of carbonyl (C=O) groups excluding carboxylic acids is 1. The zero-order valence-electron chi connectivity index (χ0n) is 16.5. The van der Waals surface area contributed by atoms with Crippen LogP contribution in [0.5, 0.6) is 5.75 Å². The van der Waals surface area contributed by atoms with Crippen molar-refractivity contribution in [1.82, 2.24) is 15.3 Å². The number of ketones is 1. The first kappa shape index (κ1) is 19.1. The number of benzene rings is 1. The molecule has 0 spiro atoms. The lowest BCUT2D eigenvalue weighted by molar-refractivity contribution is 0.103. The van der Waals surface area contributed by atoms with Gasteiger partial charge >= 0.3 is 0 Å². The van der Waals surface area contributed by atoms with Gasteiger partial charge in [0.2, 0.25) is 5.78 Å². The van der Waals surface area contributed by atoms with Crippen molar-refractivity contribution < 1.29 is 9.53 Å². The van der Waals surface area contributed by atoms with Crippen molar-refractivity contribution in [3.63, 3.8) is 0 Å². The number of methoxy groups -OCH3 is 1. The molecule has 0 saturated carbocycles. The van der Waals surface area contributed by atoms with E-state index < -0.39 is 0 Å². The second-order valence-corrected chi connectivity index (χ2v) is 6.99. The number of nitrogens with one attached hydrogen (secondary N) is 1. The van der Waals surface area contributed by atoms with Gasteiger partial charge in [0.05, 0.1) is 7.11 Å². The van der Waals surface area contributed by atoms with E-state index in [1.807, 2.05) is 42.5 Å². The van der Waals surface area contributed by atoms with E-state index in [-0.39, 0.29) is 5.78 Å². The van der Waals surface area contributed by atoms with Crippen molar-refractivity contribution in [2.45, 2.75) is 6.42 Å². The third kappa shape index (κ3) is 4.43. The zero-order chi connectivity index (χ0) is 20.1. The molecule has 4 rings (SSSR count). The highest BCUT2D eigenvalue weighted by molar-refractivity contribution is 6.08. The van der Waals surface area contributed by atoms with Gasteiger partial charge < -0.3 is 15.0 Å². The summed E-state index contributed by atoms with van der Waals surface area (Å²) in [5.41, 5.74) is 2.83. The highest BCUT2D eigenvalue weighted by Gasteiger charge is 2.16. The number of carbonyl (C=O) groups is 1. The van der Waals surface area contributed by atoms with Gasteiger partial charge in [-0.3, -0.25) is 9.78 Å². The molecule has 148 valence electrons. The summed E-state index contributed by atoms with van der Waals surface area (Å²) in [5.74, 6) is 1.51. The van der Waals surface area contributed by atoms with Crippen LogP contribution in [0, 0.1) is 0 Å². The summed E-state index contributed by atoms with van der Waals surface area (Å²) in [6.45, 7) is 3.76. The van der Waals surface area contributed by atoms with Crippen molar-refractivity contribution in [1.29, 1.82) is 0 Å². The predicted octanol–water partition coefficient (Wildman–Crippen LogP) is 3.18. The molecule has 6 heteroatoms. The van der Waals surface area contributed by atoms with Crippen molar-refractivity contribution in [3.8, 4) is 16.9 Å². The van der Waals surface area contributed by atoms with E-state index in [2.05, 4.69) is 20.2 Å². The third-order valence-electron chi connectivity index (χ3n) is 5.05. The van der Waals surface area contributed by atoms with Crippen LogP contribution in [0.1, 0.15) is 22.5 Å². The van der Waals surface area contributed by atoms with Gasteiger partial charge in [-0.1, -0.05) is 18.2 Å². The molecule has 3 heterocycles. The number of hydrogen-bond donors (Lipinski definition) is 1. The number of hydrogen-bond acceptors (Lipinski definition) is 6. The molecule has 0 aliphatic carbocycles. The van der Waals surface area contributed by atoms with Gasteiger partial charge in [0, 0.05) is 43.2 Å². The second-order valence-electron chi connectivity index (χ2n) is 6.99. The molecule has 0 unspecified atom stereocenters. The smallest absolute Gasteiger partial charge is 0.212 e. The monoisotopic (exact) mass is 388 g/mol. The normalized spacial score (nSPS) is 14.3. The molecule has 0 bridgehead atoms. The molecule has 3 aromatic rings. The number of ether oxygens (including phenoxy) is 1. The van der Waals surface area contributed by atoms with Crippen LogP contribution in [-0.2, 0) is 0 Å². The Balaban J connectivity index is 1.58. The van der Waals surface area contributed by atoms with Crippen LogP contribution in [0.15, 0.2) is 60.9 Å². The Morgan fingerprint density at radius 3 is 2.72 bits per heavy atom. The lowest BCUT2D eigenvalue weighted by atomic mass is 10.0. The molecule has 2 aromatic heterocycles. The fraction of sp³-hybridized carbons (Fsp3) is 0.261. The van der Waals surface area contributed by atoms with Crippen LogP contribution in [0.4, 0.5) is 5.82 Å². The summed E-state index contributed by atoms with van der Waals surface area (Å²) >= 11 is 0. The Bertz CT molecular complexity index is 980. The third-order valence-corrected chi connectivity index (χ3v) is 5.05. The van der Waals surface area contributed by atoms with Gasteiger partial charge in [-0.15, -0.1) is 0 Å². The number of pyridine rings is 2. The van der Waals surface area contributed by atoms with Gasteiger partial charge in [-0.05, 0) is 48.9 Å². The highest BCUT2D eigenvalue weighted by atomic mass is 16.5. The maximum atomic E-state index is 13.1. The molecule has 6 nitrogen and oxygen atoms in total. The quantitative estimate of drug-likeness (QED) is 0.677. The number of nitrogens with zero attached hydrogens (tertiary/aromatic N) is 3. The van der Waals surface area contributed by atoms with E-state index in [1.54, 1.807) is 25.6 Å². The topological polar surface area (TPSA) is 67.3 Å². The lowest BCUT2D eigenvalue weighted by Gasteiger charge is -2.21. The summed E-state index contributed by atoms with van der Waals surface area (Å²) in [6.07, 6.45) is 4.42.